The van der Waals surface area contributed by atoms with E-state index < -0.39 is 17.7 Å². The molecule has 110 valence electrons. The summed E-state index contributed by atoms with van der Waals surface area (Å²) in [5, 5.41) is 2.60. The first kappa shape index (κ1) is 15.1. The van der Waals surface area contributed by atoms with Gasteiger partial charge in [-0.1, -0.05) is 18.2 Å². The number of benzene rings is 1. The Morgan fingerprint density at radius 1 is 1.24 bits per heavy atom. The predicted octanol–water partition coefficient (Wildman–Crippen LogP) is 2.67. The molecule has 1 amide bonds. The van der Waals surface area contributed by atoms with Gasteiger partial charge >= 0.3 is 0 Å². The molecule has 0 saturated heterocycles. The number of nitrogens with zero attached hydrogens (tertiary/aromatic N) is 2. The summed E-state index contributed by atoms with van der Waals surface area (Å²) in [6.07, 6.45) is 1.05. The van der Waals surface area contributed by atoms with Crippen LogP contribution in [0, 0.1) is 11.8 Å². The molecule has 2 rings (SSSR count). The minimum absolute atomic E-state index is 0.373. The minimum Gasteiger partial charge on any atom is -0.322 e. The molecule has 0 atom stereocenters. The van der Waals surface area contributed by atoms with Crippen molar-refractivity contribution in [3.8, 4) is 0 Å². The third-order valence-electron chi connectivity index (χ3n) is 2.84. The largest absolute Gasteiger partial charge is 0.322 e. The fraction of sp³-hybridized carbons (Fsp3) is 0.200. The van der Waals surface area contributed by atoms with Gasteiger partial charge in [-0.3, -0.25) is 4.79 Å². The van der Waals surface area contributed by atoms with Gasteiger partial charge in [-0.25, -0.2) is 9.37 Å². The Balaban J connectivity index is 2.26. The number of hydrogen-bond donors (Lipinski definition) is 1. The van der Waals surface area contributed by atoms with Gasteiger partial charge in [0.15, 0.2) is 5.82 Å². The Hall–Kier alpha value is -2.34. The maximum absolute atomic E-state index is 13.6. The monoisotopic (exact) mass is 291 g/mol. The number of halogens is 2. The lowest BCUT2D eigenvalue weighted by Crippen LogP contribution is -2.18. The van der Waals surface area contributed by atoms with Crippen molar-refractivity contribution in [1.29, 1.82) is 0 Å². The van der Waals surface area contributed by atoms with Gasteiger partial charge in [0, 0.05) is 18.4 Å². The summed E-state index contributed by atoms with van der Waals surface area (Å²) in [6, 6.07) is 8.33. The highest BCUT2D eigenvalue weighted by Crippen LogP contribution is 2.18. The summed E-state index contributed by atoms with van der Waals surface area (Å²) < 4.78 is 26.6. The second-order valence-electron chi connectivity index (χ2n) is 4.81. The number of anilines is 1. The number of hydrogen-bond acceptors (Lipinski definition) is 3. The van der Waals surface area contributed by atoms with E-state index >= 15 is 0 Å². The van der Waals surface area contributed by atoms with Crippen molar-refractivity contribution in [2.45, 2.75) is 6.54 Å². The fourth-order valence-electron chi connectivity index (χ4n) is 1.90. The third kappa shape index (κ3) is 3.61. The zero-order valence-corrected chi connectivity index (χ0v) is 11.7. The molecule has 1 aromatic heterocycles. The Kier molecular flexibility index (Phi) is 4.59. The lowest BCUT2D eigenvalue weighted by atomic mass is 10.1. The van der Waals surface area contributed by atoms with Crippen molar-refractivity contribution >= 4 is 11.6 Å². The molecule has 4 nitrogen and oxygen atoms in total. The molecule has 1 N–H and O–H groups in total. The molecule has 0 aliphatic carbocycles. The van der Waals surface area contributed by atoms with Crippen LogP contribution in [0.25, 0.3) is 0 Å². The molecule has 0 bridgehead atoms. The molecule has 6 heteroatoms. The Morgan fingerprint density at radius 2 is 1.95 bits per heavy atom. The quantitative estimate of drug-likeness (QED) is 0.881. The van der Waals surface area contributed by atoms with Gasteiger partial charge in [0.05, 0.1) is 5.56 Å². The normalized spacial score (nSPS) is 10.7. The van der Waals surface area contributed by atoms with Crippen LogP contribution in [0.3, 0.4) is 0 Å². The second-order valence-corrected chi connectivity index (χ2v) is 4.81. The molecule has 0 fully saturated rings. The van der Waals surface area contributed by atoms with Gasteiger partial charge in [-0.15, -0.1) is 0 Å². The molecule has 0 spiro atoms. The molecule has 21 heavy (non-hydrogen) atoms. The van der Waals surface area contributed by atoms with E-state index in [4.69, 9.17) is 0 Å². The average molecular weight is 291 g/mol. The molecule has 1 heterocycles. The minimum atomic E-state index is -1.29. The number of nitrogens with one attached hydrogen (secondary N) is 1. The van der Waals surface area contributed by atoms with Crippen molar-refractivity contribution < 1.29 is 13.6 Å². The first-order valence-corrected chi connectivity index (χ1v) is 6.33. The topological polar surface area (TPSA) is 45.2 Å². The third-order valence-corrected chi connectivity index (χ3v) is 2.84. The number of rotatable bonds is 4. The molecule has 0 unspecified atom stereocenters. The van der Waals surface area contributed by atoms with Gasteiger partial charge in [0.1, 0.15) is 0 Å². The van der Waals surface area contributed by atoms with E-state index in [-0.39, 0.29) is 5.56 Å². The smallest absolute Gasteiger partial charge is 0.258 e. The SMILES string of the molecule is CN(C)Cc1ccccc1NC(=O)c1ccnc(F)c1F. The van der Waals surface area contributed by atoms with Crippen LogP contribution in [0.5, 0.6) is 0 Å². The van der Waals surface area contributed by atoms with Gasteiger partial charge in [-0.05, 0) is 31.8 Å². The molecule has 2 aromatic rings. The van der Waals surface area contributed by atoms with Crippen LogP contribution >= 0.6 is 0 Å². The number of pyridine rings is 1. The molecular formula is C15H15F2N3O. The van der Waals surface area contributed by atoms with Crippen molar-refractivity contribution in [3.63, 3.8) is 0 Å². The van der Waals surface area contributed by atoms with Crippen LogP contribution in [0.4, 0.5) is 14.5 Å². The summed E-state index contributed by atoms with van der Waals surface area (Å²) >= 11 is 0. The fourth-order valence-corrected chi connectivity index (χ4v) is 1.90. The number of carbonyl (C=O) groups is 1. The van der Waals surface area contributed by atoms with Crippen molar-refractivity contribution in [3.05, 3.63) is 59.4 Å². The Morgan fingerprint density at radius 3 is 2.67 bits per heavy atom. The van der Waals surface area contributed by atoms with Crippen LogP contribution in [-0.4, -0.2) is 29.9 Å². The molecule has 1 aromatic carbocycles. The maximum atomic E-state index is 13.6. The summed E-state index contributed by atoms with van der Waals surface area (Å²) in [5.74, 6) is -3.25. The average Bonchev–Trinajstić information content (AvgIpc) is 2.43. The van der Waals surface area contributed by atoms with E-state index in [0.717, 1.165) is 17.8 Å². The highest BCUT2D eigenvalue weighted by molar-refractivity contribution is 6.04. The molecular weight excluding hydrogens is 276 g/mol. The summed E-state index contributed by atoms with van der Waals surface area (Å²) in [7, 11) is 3.80. The summed E-state index contributed by atoms with van der Waals surface area (Å²) in [6.45, 7) is 0.615. The number of amides is 1. The predicted molar refractivity (Wildman–Crippen MR) is 75.9 cm³/mol. The lowest BCUT2D eigenvalue weighted by molar-refractivity contribution is 0.102. The standard InChI is InChI=1S/C15H15F2N3O/c1-20(2)9-10-5-3-4-6-12(10)19-15(21)11-7-8-18-14(17)13(11)16/h3-8H,9H2,1-2H3,(H,19,21). The van der Waals surface area contributed by atoms with Gasteiger partial charge < -0.3 is 10.2 Å². The Labute approximate surface area is 121 Å². The summed E-state index contributed by atoms with van der Waals surface area (Å²) in [5.41, 5.74) is 1.07. The first-order chi connectivity index (χ1) is 9.99. The van der Waals surface area contributed by atoms with Gasteiger partial charge in [0.2, 0.25) is 5.95 Å². The van der Waals surface area contributed by atoms with Crippen molar-refractivity contribution in [2.75, 3.05) is 19.4 Å². The van der Waals surface area contributed by atoms with Crippen molar-refractivity contribution in [2.24, 2.45) is 0 Å². The van der Waals surface area contributed by atoms with E-state index in [9.17, 15) is 13.6 Å². The van der Waals surface area contributed by atoms with Gasteiger partial charge in [-0.2, -0.15) is 4.39 Å². The van der Waals surface area contributed by atoms with Crippen LogP contribution < -0.4 is 5.32 Å². The first-order valence-electron chi connectivity index (χ1n) is 6.33. The van der Waals surface area contributed by atoms with E-state index in [1.165, 1.54) is 0 Å². The Bertz CT molecular complexity index is 659. The summed E-state index contributed by atoms with van der Waals surface area (Å²) in [4.78, 5) is 17.2. The van der Waals surface area contributed by atoms with E-state index in [1.807, 2.05) is 31.1 Å². The van der Waals surface area contributed by atoms with E-state index in [1.54, 1.807) is 12.1 Å². The van der Waals surface area contributed by atoms with E-state index in [0.29, 0.717) is 12.2 Å². The molecule has 0 aliphatic rings. The molecule has 0 saturated carbocycles. The highest BCUT2D eigenvalue weighted by atomic mass is 19.2. The van der Waals surface area contributed by atoms with Crippen molar-refractivity contribution in [1.82, 2.24) is 9.88 Å². The number of aromatic nitrogens is 1. The van der Waals surface area contributed by atoms with Gasteiger partial charge in [0.25, 0.3) is 5.91 Å². The second kappa shape index (κ2) is 6.41. The van der Waals surface area contributed by atoms with Crippen LogP contribution in [0.1, 0.15) is 15.9 Å². The van der Waals surface area contributed by atoms with Crippen LogP contribution in [0.2, 0.25) is 0 Å². The van der Waals surface area contributed by atoms with Crippen LogP contribution in [-0.2, 0) is 6.54 Å². The number of carbonyl (C=O) groups excluding carboxylic acids is 1. The number of para-hydroxylation sites is 1. The lowest BCUT2D eigenvalue weighted by Gasteiger charge is -2.15. The highest BCUT2D eigenvalue weighted by Gasteiger charge is 2.17. The maximum Gasteiger partial charge on any atom is 0.258 e. The van der Waals surface area contributed by atoms with E-state index in [2.05, 4.69) is 10.3 Å². The molecule has 0 aliphatic heterocycles. The zero-order chi connectivity index (χ0) is 15.4. The van der Waals surface area contributed by atoms with Crippen LogP contribution in [0.15, 0.2) is 36.5 Å². The molecule has 0 radical (unpaired) electrons. The zero-order valence-electron chi connectivity index (χ0n) is 11.7.